The number of carbonyl (C=O) groups is 1. The van der Waals surface area contributed by atoms with Crippen LogP contribution in [0.1, 0.15) is 26.6 Å². The minimum absolute atomic E-state index is 0.0180. The molecule has 0 aliphatic rings. The van der Waals surface area contributed by atoms with Crippen molar-refractivity contribution in [2.24, 2.45) is 0 Å². The van der Waals surface area contributed by atoms with Crippen LogP contribution in [0.4, 0.5) is 0 Å². The maximum atomic E-state index is 12.2. The maximum absolute atomic E-state index is 12.2. The van der Waals surface area contributed by atoms with E-state index in [1.165, 1.54) is 30.1 Å². The van der Waals surface area contributed by atoms with Crippen LogP contribution in [0, 0.1) is 6.92 Å². The van der Waals surface area contributed by atoms with Gasteiger partial charge in [-0.1, -0.05) is 0 Å². The molecule has 3 heterocycles. The normalized spacial score (nSPS) is 13.7. The number of hydrogen-bond acceptors (Lipinski definition) is 5. The van der Waals surface area contributed by atoms with Gasteiger partial charge in [-0.3, -0.25) is 4.79 Å². The first-order valence-corrected chi connectivity index (χ1v) is 7.60. The van der Waals surface area contributed by atoms with Gasteiger partial charge < -0.3 is 19.3 Å². The highest BCUT2D eigenvalue weighted by Gasteiger charge is 2.36. The van der Waals surface area contributed by atoms with Gasteiger partial charge in [0.05, 0.1) is 30.2 Å². The van der Waals surface area contributed by atoms with Crippen molar-refractivity contribution in [3.8, 4) is 0 Å². The standard InChI is InChI=1S/C16H15NO4S/c1-11-7-13(22-9-11)15(18)17-10-16(19,12-4-6-20-8-12)14-3-2-5-21-14/h2-9,19H,10H2,1H3,(H,17,18)/t16-/m0/s1. The van der Waals surface area contributed by atoms with Gasteiger partial charge in [0.15, 0.2) is 5.60 Å². The number of nitrogens with one attached hydrogen (secondary N) is 1. The van der Waals surface area contributed by atoms with Gasteiger partial charge in [0.2, 0.25) is 0 Å². The van der Waals surface area contributed by atoms with Crippen molar-refractivity contribution < 1.29 is 18.7 Å². The van der Waals surface area contributed by atoms with Crippen LogP contribution in [-0.2, 0) is 5.60 Å². The van der Waals surface area contributed by atoms with E-state index < -0.39 is 5.60 Å². The maximum Gasteiger partial charge on any atom is 0.261 e. The number of amides is 1. The van der Waals surface area contributed by atoms with E-state index >= 15 is 0 Å². The summed E-state index contributed by atoms with van der Waals surface area (Å²) in [7, 11) is 0. The Hall–Kier alpha value is -2.31. The van der Waals surface area contributed by atoms with Crippen LogP contribution in [0.2, 0.25) is 0 Å². The fourth-order valence-electron chi connectivity index (χ4n) is 2.19. The third kappa shape index (κ3) is 2.70. The molecule has 1 atom stereocenters. The van der Waals surface area contributed by atoms with E-state index in [2.05, 4.69) is 5.32 Å². The Balaban J connectivity index is 1.81. The van der Waals surface area contributed by atoms with E-state index in [1.807, 2.05) is 18.4 Å². The molecular weight excluding hydrogens is 302 g/mol. The first-order chi connectivity index (χ1) is 10.6. The average Bonchev–Trinajstić information content (AvgIpc) is 3.24. The summed E-state index contributed by atoms with van der Waals surface area (Å²) in [4.78, 5) is 12.8. The average molecular weight is 317 g/mol. The first-order valence-electron chi connectivity index (χ1n) is 6.72. The lowest BCUT2D eigenvalue weighted by Gasteiger charge is -2.25. The third-order valence-electron chi connectivity index (χ3n) is 3.39. The smallest absolute Gasteiger partial charge is 0.261 e. The van der Waals surface area contributed by atoms with Crippen molar-refractivity contribution in [2.75, 3.05) is 6.54 Å². The molecule has 3 aromatic rings. The van der Waals surface area contributed by atoms with Crippen molar-refractivity contribution in [1.82, 2.24) is 5.32 Å². The van der Waals surface area contributed by atoms with E-state index in [-0.39, 0.29) is 12.5 Å². The largest absolute Gasteiger partial charge is 0.472 e. The number of carbonyl (C=O) groups excluding carboxylic acids is 1. The van der Waals surface area contributed by atoms with Crippen LogP contribution in [-0.4, -0.2) is 17.6 Å². The summed E-state index contributed by atoms with van der Waals surface area (Å²) in [5.74, 6) is 0.114. The lowest BCUT2D eigenvalue weighted by atomic mass is 9.93. The Labute approximate surface area is 131 Å². The third-order valence-corrected chi connectivity index (χ3v) is 4.43. The number of aliphatic hydroxyl groups is 1. The number of hydrogen-bond donors (Lipinski definition) is 2. The quantitative estimate of drug-likeness (QED) is 0.758. The Kier molecular flexibility index (Phi) is 3.87. The van der Waals surface area contributed by atoms with E-state index in [0.717, 1.165) is 5.56 Å². The topological polar surface area (TPSA) is 75.6 Å². The molecule has 2 N–H and O–H groups in total. The van der Waals surface area contributed by atoms with Crippen molar-refractivity contribution >= 4 is 17.2 Å². The van der Waals surface area contributed by atoms with Gasteiger partial charge in [-0.05, 0) is 42.1 Å². The fourth-order valence-corrected chi connectivity index (χ4v) is 3.00. The minimum Gasteiger partial charge on any atom is -0.472 e. The molecule has 114 valence electrons. The van der Waals surface area contributed by atoms with Crippen molar-refractivity contribution in [3.05, 3.63) is 70.2 Å². The molecule has 0 spiro atoms. The summed E-state index contributed by atoms with van der Waals surface area (Å²) in [6, 6.07) is 6.80. The molecule has 0 aromatic carbocycles. The molecule has 5 nitrogen and oxygen atoms in total. The molecule has 0 unspecified atom stereocenters. The van der Waals surface area contributed by atoms with Crippen LogP contribution >= 0.6 is 11.3 Å². The fraction of sp³-hybridized carbons (Fsp3) is 0.188. The number of thiophene rings is 1. The highest BCUT2D eigenvalue weighted by molar-refractivity contribution is 7.12. The Bertz CT molecular complexity index is 709. The van der Waals surface area contributed by atoms with Gasteiger partial charge in [0.1, 0.15) is 5.76 Å². The predicted octanol–water partition coefficient (Wildman–Crippen LogP) is 2.91. The van der Waals surface area contributed by atoms with Crippen molar-refractivity contribution in [2.45, 2.75) is 12.5 Å². The summed E-state index contributed by atoms with van der Waals surface area (Å²) in [6.07, 6.45) is 4.38. The second kappa shape index (κ2) is 5.82. The lowest BCUT2D eigenvalue weighted by molar-refractivity contribution is 0.0521. The molecule has 22 heavy (non-hydrogen) atoms. The molecular formula is C16H15NO4S. The molecule has 6 heteroatoms. The van der Waals surface area contributed by atoms with Gasteiger partial charge in [-0.2, -0.15) is 0 Å². The Morgan fingerprint density at radius 2 is 2.27 bits per heavy atom. The van der Waals surface area contributed by atoms with Crippen LogP contribution in [0.25, 0.3) is 0 Å². The summed E-state index contributed by atoms with van der Waals surface area (Å²) < 4.78 is 10.4. The van der Waals surface area contributed by atoms with Crippen LogP contribution in [0.3, 0.4) is 0 Å². The highest BCUT2D eigenvalue weighted by atomic mass is 32.1. The van der Waals surface area contributed by atoms with Crippen LogP contribution in [0.5, 0.6) is 0 Å². The molecule has 0 radical (unpaired) electrons. The second-order valence-electron chi connectivity index (χ2n) is 5.02. The molecule has 0 aliphatic carbocycles. The van der Waals surface area contributed by atoms with Crippen LogP contribution < -0.4 is 5.32 Å². The molecule has 0 saturated heterocycles. The summed E-state index contributed by atoms with van der Waals surface area (Å²) in [5, 5.41) is 15.6. The molecule has 3 aromatic heterocycles. The van der Waals surface area contributed by atoms with E-state index in [0.29, 0.717) is 16.2 Å². The Morgan fingerprint density at radius 3 is 2.86 bits per heavy atom. The monoisotopic (exact) mass is 317 g/mol. The van der Waals surface area contributed by atoms with Gasteiger partial charge in [0, 0.05) is 5.56 Å². The Morgan fingerprint density at radius 1 is 1.41 bits per heavy atom. The molecule has 1 amide bonds. The van der Waals surface area contributed by atoms with E-state index in [1.54, 1.807) is 18.2 Å². The van der Waals surface area contributed by atoms with Gasteiger partial charge in [0.25, 0.3) is 5.91 Å². The van der Waals surface area contributed by atoms with Crippen molar-refractivity contribution in [3.63, 3.8) is 0 Å². The summed E-state index contributed by atoms with van der Waals surface area (Å²) in [6.45, 7) is 1.91. The second-order valence-corrected chi connectivity index (χ2v) is 5.93. The lowest BCUT2D eigenvalue weighted by Crippen LogP contribution is -2.41. The van der Waals surface area contributed by atoms with Gasteiger partial charge in [-0.25, -0.2) is 0 Å². The molecule has 0 saturated carbocycles. The molecule has 0 aliphatic heterocycles. The van der Waals surface area contributed by atoms with Crippen molar-refractivity contribution in [1.29, 1.82) is 0 Å². The zero-order valence-electron chi connectivity index (χ0n) is 11.9. The number of furan rings is 2. The minimum atomic E-state index is -1.47. The zero-order valence-corrected chi connectivity index (χ0v) is 12.7. The zero-order chi connectivity index (χ0) is 15.6. The molecule has 0 fully saturated rings. The van der Waals surface area contributed by atoms with Crippen LogP contribution in [0.15, 0.2) is 57.3 Å². The van der Waals surface area contributed by atoms with Gasteiger partial charge >= 0.3 is 0 Å². The summed E-state index contributed by atoms with van der Waals surface area (Å²) in [5.41, 5.74) is 0.0785. The highest BCUT2D eigenvalue weighted by Crippen LogP contribution is 2.30. The number of aryl methyl sites for hydroxylation is 1. The molecule has 0 bridgehead atoms. The SMILES string of the molecule is Cc1csc(C(=O)NC[C@](O)(c2ccoc2)c2ccco2)c1. The van der Waals surface area contributed by atoms with E-state index in [9.17, 15) is 9.90 Å². The molecule has 3 rings (SSSR count). The van der Waals surface area contributed by atoms with Gasteiger partial charge in [-0.15, -0.1) is 11.3 Å². The first kappa shape index (κ1) is 14.6. The van der Waals surface area contributed by atoms with E-state index in [4.69, 9.17) is 8.83 Å². The summed E-state index contributed by atoms with van der Waals surface area (Å²) >= 11 is 1.37. The predicted molar refractivity (Wildman–Crippen MR) is 81.8 cm³/mol. The number of rotatable bonds is 5.